The number of halogens is 2. The van der Waals surface area contributed by atoms with Gasteiger partial charge in [-0.2, -0.15) is 0 Å². The fourth-order valence-corrected chi connectivity index (χ4v) is 2.43. The Kier molecular flexibility index (Phi) is 3.46. The van der Waals surface area contributed by atoms with Crippen LogP contribution < -0.4 is 0 Å². The lowest BCUT2D eigenvalue weighted by Gasteiger charge is -2.15. The Hall–Kier alpha value is -0.350. The molecule has 1 atom stereocenters. The summed E-state index contributed by atoms with van der Waals surface area (Å²) in [7, 11) is 0. The molecule has 0 saturated carbocycles. The summed E-state index contributed by atoms with van der Waals surface area (Å²) in [4.78, 5) is 13.6. The highest BCUT2D eigenvalue weighted by Gasteiger charge is 2.28. The minimum Gasteiger partial charge on any atom is -0.337 e. The van der Waals surface area contributed by atoms with Gasteiger partial charge in [-0.15, -0.1) is 0 Å². The summed E-state index contributed by atoms with van der Waals surface area (Å²) in [6.45, 7) is 1.57. The summed E-state index contributed by atoms with van der Waals surface area (Å²) in [5.74, 6) is 0.206. The monoisotopic (exact) mass is 331 g/mol. The van der Waals surface area contributed by atoms with Crippen molar-refractivity contribution in [1.29, 1.82) is 0 Å². The van der Waals surface area contributed by atoms with Gasteiger partial charge in [0.15, 0.2) is 0 Å². The number of rotatable bonds is 2. The van der Waals surface area contributed by atoms with Crippen molar-refractivity contribution in [1.82, 2.24) is 4.90 Å². The van der Waals surface area contributed by atoms with Crippen molar-refractivity contribution < 1.29 is 4.79 Å². The maximum Gasteiger partial charge on any atom is 0.236 e. The Morgan fingerprint density at radius 3 is 2.53 bits per heavy atom. The smallest absolute Gasteiger partial charge is 0.236 e. The Bertz CT molecular complexity index is 363. The van der Waals surface area contributed by atoms with Crippen LogP contribution in [0.3, 0.4) is 0 Å². The lowest BCUT2D eigenvalue weighted by atomic mass is 10.2. The molecule has 4 heteroatoms. The van der Waals surface area contributed by atoms with Crippen LogP contribution in [0.25, 0.3) is 0 Å². The van der Waals surface area contributed by atoms with Crippen LogP contribution in [0.5, 0.6) is 0 Å². The summed E-state index contributed by atoms with van der Waals surface area (Å²) >= 11 is 6.76. The second kappa shape index (κ2) is 4.66. The fourth-order valence-electron chi connectivity index (χ4n) is 1.67. The number of nitrogens with zero attached hydrogens (tertiary/aromatic N) is 1. The standard InChI is InChI=1S/C11H11Br2NO/c12-9-3-1-8(2-4-9)7-14-6-5-10(13)11(14)15/h1-4,10H,5-7H2. The average Bonchev–Trinajstić information content (AvgIpc) is 2.53. The van der Waals surface area contributed by atoms with Gasteiger partial charge in [-0.1, -0.05) is 44.0 Å². The molecule has 1 aliphatic heterocycles. The second-order valence-corrected chi connectivity index (χ2v) is 5.66. The minimum absolute atomic E-state index is 0.0212. The van der Waals surface area contributed by atoms with Crippen molar-refractivity contribution in [3.05, 3.63) is 34.3 Å². The van der Waals surface area contributed by atoms with Gasteiger partial charge in [0, 0.05) is 17.6 Å². The Morgan fingerprint density at radius 2 is 2.00 bits per heavy atom. The number of benzene rings is 1. The van der Waals surface area contributed by atoms with E-state index in [0.717, 1.165) is 17.4 Å². The molecule has 1 amide bonds. The maximum atomic E-state index is 11.6. The average molecular weight is 333 g/mol. The summed E-state index contributed by atoms with van der Waals surface area (Å²) in [6, 6.07) is 8.08. The third kappa shape index (κ3) is 2.61. The van der Waals surface area contributed by atoms with Crippen molar-refractivity contribution >= 4 is 37.8 Å². The van der Waals surface area contributed by atoms with Gasteiger partial charge in [0.05, 0.1) is 4.83 Å². The van der Waals surface area contributed by atoms with E-state index in [1.807, 2.05) is 29.2 Å². The fraction of sp³-hybridized carbons (Fsp3) is 0.364. The molecule has 0 spiro atoms. The summed E-state index contributed by atoms with van der Waals surface area (Å²) < 4.78 is 1.07. The first-order valence-corrected chi connectivity index (χ1v) is 6.55. The van der Waals surface area contributed by atoms with Crippen LogP contribution in [0.1, 0.15) is 12.0 Å². The number of hydrogen-bond acceptors (Lipinski definition) is 1. The quantitative estimate of drug-likeness (QED) is 0.762. The van der Waals surface area contributed by atoms with E-state index in [1.54, 1.807) is 0 Å². The molecule has 2 nitrogen and oxygen atoms in total. The first-order valence-electron chi connectivity index (χ1n) is 4.84. The van der Waals surface area contributed by atoms with Gasteiger partial charge >= 0.3 is 0 Å². The SMILES string of the molecule is O=C1C(Br)CCN1Cc1ccc(Br)cc1. The first-order chi connectivity index (χ1) is 7.16. The van der Waals surface area contributed by atoms with E-state index in [4.69, 9.17) is 0 Å². The molecule has 2 rings (SSSR count). The predicted octanol–water partition coefficient (Wildman–Crippen LogP) is 2.94. The van der Waals surface area contributed by atoms with E-state index in [1.165, 1.54) is 5.56 Å². The van der Waals surface area contributed by atoms with E-state index in [0.29, 0.717) is 6.54 Å². The van der Waals surface area contributed by atoms with E-state index in [-0.39, 0.29) is 10.7 Å². The molecule has 0 radical (unpaired) electrons. The lowest BCUT2D eigenvalue weighted by Crippen LogP contribution is -2.26. The Morgan fingerprint density at radius 1 is 1.33 bits per heavy atom. The van der Waals surface area contributed by atoms with E-state index >= 15 is 0 Å². The largest absolute Gasteiger partial charge is 0.337 e. The number of carbonyl (C=O) groups excluding carboxylic acids is 1. The van der Waals surface area contributed by atoms with Gasteiger partial charge in [-0.05, 0) is 24.1 Å². The molecule has 1 aliphatic rings. The topological polar surface area (TPSA) is 20.3 Å². The van der Waals surface area contributed by atoms with Crippen LogP contribution in [-0.2, 0) is 11.3 Å². The summed E-state index contributed by atoms with van der Waals surface area (Å²) in [6.07, 6.45) is 0.912. The molecule has 1 saturated heterocycles. The van der Waals surface area contributed by atoms with E-state index < -0.39 is 0 Å². The highest BCUT2D eigenvalue weighted by Crippen LogP contribution is 2.21. The summed E-state index contributed by atoms with van der Waals surface area (Å²) in [5, 5.41) is 0. The third-order valence-corrected chi connectivity index (χ3v) is 3.90. The van der Waals surface area contributed by atoms with Crippen LogP contribution in [0.2, 0.25) is 0 Å². The molecule has 1 heterocycles. The third-order valence-electron chi connectivity index (χ3n) is 2.52. The molecule has 0 bridgehead atoms. The molecule has 15 heavy (non-hydrogen) atoms. The number of hydrogen-bond donors (Lipinski definition) is 0. The number of amides is 1. The second-order valence-electron chi connectivity index (χ2n) is 3.64. The van der Waals surface area contributed by atoms with Gasteiger partial charge in [-0.25, -0.2) is 0 Å². The predicted molar refractivity (Wildman–Crippen MR) is 66.9 cm³/mol. The van der Waals surface area contributed by atoms with Gasteiger partial charge in [0.2, 0.25) is 5.91 Å². The molecule has 1 fully saturated rings. The van der Waals surface area contributed by atoms with E-state index in [2.05, 4.69) is 31.9 Å². The van der Waals surface area contributed by atoms with Crippen molar-refractivity contribution in [3.63, 3.8) is 0 Å². The zero-order valence-corrected chi connectivity index (χ0v) is 11.3. The van der Waals surface area contributed by atoms with Crippen molar-refractivity contribution in [3.8, 4) is 0 Å². The van der Waals surface area contributed by atoms with Crippen LogP contribution in [0.4, 0.5) is 0 Å². The zero-order valence-electron chi connectivity index (χ0n) is 8.12. The Labute approximate surface area is 106 Å². The van der Waals surface area contributed by atoms with Crippen molar-refractivity contribution in [2.75, 3.05) is 6.54 Å². The van der Waals surface area contributed by atoms with Gasteiger partial charge in [0.1, 0.15) is 0 Å². The lowest BCUT2D eigenvalue weighted by molar-refractivity contribution is -0.127. The molecular weight excluding hydrogens is 322 g/mol. The van der Waals surface area contributed by atoms with Gasteiger partial charge in [0.25, 0.3) is 0 Å². The molecule has 1 unspecified atom stereocenters. The molecule has 0 N–H and O–H groups in total. The van der Waals surface area contributed by atoms with Crippen LogP contribution in [0, 0.1) is 0 Å². The van der Waals surface area contributed by atoms with Crippen LogP contribution in [0.15, 0.2) is 28.7 Å². The first kappa shape index (κ1) is 11.1. The summed E-state index contributed by atoms with van der Waals surface area (Å²) in [5.41, 5.74) is 1.17. The van der Waals surface area contributed by atoms with E-state index in [9.17, 15) is 4.79 Å². The normalized spacial score (nSPS) is 21.1. The van der Waals surface area contributed by atoms with Crippen molar-refractivity contribution in [2.24, 2.45) is 0 Å². The number of alkyl halides is 1. The van der Waals surface area contributed by atoms with Crippen LogP contribution in [-0.4, -0.2) is 22.2 Å². The maximum absolute atomic E-state index is 11.6. The highest BCUT2D eigenvalue weighted by molar-refractivity contribution is 9.10. The zero-order chi connectivity index (χ0) is 10.8. The number of likely N-dealkylation sites (tertiary alicyclic amines) is 1. The molecule has 0 aromatic heterocycles. The molecule has 1 aromatic carbocycles. The van der Waals surface area contributed by atoms with Gasteiger partial charge in [-0.3, -0.25) is 4.79 Å². The Balaban J connectivity index is 2.03. The minimum atomic E-state index is 0.0212. The molecular formula is C11H11Br2NO. The molecule has 80 valence electrons. The van der Waals surface area contributed by atoms with Crippen LogP contribution >= 0.6 is 31.9 Å². The van der Waals surface area contributed by atoms with Crippen molar-refractivity contribution in [2.45, 2.75) is 17.8 Å². The molecule has 0 aliphatic carbocycles. The van der Waals surface area contributed by atoms with Gasteiger partial charge < -0.3 is 4.90 Å². The highest BCUT2D eigenvalue weighted by atomic mass is 79.9. The number of carbonyl (C=O) groups is 1. The molecule has 1 aromatic rings.